The average molecular weight is 589 g/mol. The van der Waals surface area contributed by atoms with E-state index in [0.717, 1.165) is 50.9 Å². The van der Waals surface area contributed by atoms with Gasteiger partial charge in [-0.25, -0.2) is 4.79 Å². The van der Waals surface area contributed by atoms with E-state index in [2.05, 4.69) is 57.2 Å². The average Bonchev–Trinajstić information content (AvgIpc) is 2.98. The highest BCUT2D eigenvalue weighted by Crippen LogP contribution is 2.15. The van der Waals surface area contributed by atoms with Crippen molar-refractivity contribution in [2.75, 3.05) is 13.2 Å². The van der Waals surface area contributed by atoms with Crippen LogP contribution in [0.2, 0.25) is 0 Å². The molecule has 0 aliphatic heterocycles. The van der Waals surface area contributed by atoms with E-state index < -0.39 is 6.16 Å². The lowest BCUT2D eigenvalue weighted by Gasteiger charge is -2.07. The molecule has 42 heavy (non-hydrogen) atoms. The lowest BCUT2D eigenvalue weighted by molar-refractivity contribution is 0.0529. The molecule has 0 rings (SSSR count). The van der Waals surface area contributed by atoms with Crippen LogP contribution < -0.4 is 0 Å². The van der Waals surface area contributed by atoms with Crippen molar-refractivity contribution in [2.45, 2.75) is 188 Å². The minimum Gasteiger partial charge on any atom is -0.434 e. The van der Waals surface area contributed by atoms with Gasteiger partial charge < -0.3 is 9.47 Å². The summed E-state index contributed by atoms with van der Waals surface area (Å²) in [4.78, 5) is 11.7. The number of ether oxygens (including phenoxy) is 2. The molecular weight excluding hydrogens is 516 g/mol. The molecule has 0 unspecified atom stereocenters. The van der Waals surface area contributed by atoms with E-state index in [1.165, 1.54) is 122 Å². The number of carbonyl (C=O) groups is 1. The number of hydrogen-bond donors (Lipinski definition) is 0. The lowest BCUT2D eigenvalue weighted by Crippen LogP contribution is -2.09. The van der Waals surface area contributed by atoms with Crippen molar-refractivity contribution >= 4 is 6.16 Å². The zero-order valence-corrected chi connectivity index (χ0v) is 28.6. The normalized spacial score (nSPS) is 12.0. The number of rotatable bonds is 32. The van der Waals surface area contributed by atoms with Crippen molar-refractivity contribution in [1.29, 1.82) is 0 Å². The largest absolute Gasteiger partial charge is 0.508 e. The topological polar surface area (TPSA) is 35.5 Å². The maximum absolute atomic E-state index is 11.7. The Morgan fingerprint density at radius 2 is 0.833 bits per heavy atom. The van der Waals surface area contributed by atoms with Crippen LogP contribution in [0.3, 0.4) is 0 Å². The SMILES string of the molecule is CC/C=C\C/C=C\C/C=C\CCCCCCCCOC(=O)OCCCCCCCCCCCCCCCCCC(C)C. The predicted molar refractivity (Wildman–Crippen MR) is 185 cm³/mol. The molecule has 0 aromatic carbocycles. The summed E-state index contributed by atoms with van der Waals surface area (Å²) in [6.07, 6.45) is 46.1. The molecule has 246 valence electrons. The Morgan fingerprint density at radius 3 is 1.26 bits per heavy atom. The van der Waals surface area contributed by atoms with Crippen molar-refractivity contribution in [2.24, 2.45) is 5.92 Å². The maximum Gasteiger partial charge on any atom is 0.508 e. The zero-order valence-electron chi connectivity index (χ0n) is 28.6. The molecule has 0 saturated heterocycles. The van der Waals surface area contributed by atoms with Crippen LogP contribution in [-0.4, -0.2) is 19.4 Å². The van der Waals surface area contributed by atoms with Gasteiger partial charge in [0.15, 0.2) is 0 Å². The van der Waals surface area contributed by atoms with Crippen molar-refractivity contribution in [3.8, 4) is 0 Å². The van der Waals surface area contributed by atoms with E-state index >= 15 is 0 Å². The summed E-state index contributed by atoms with van der Waals surface area (Å²) in [5.41, 5.74) is 0. The van der Waals surface area contributed by atoms with Crippen LogP contribution in [0, 0.1) is 5.92 Å². The van der Waals surface area contributed by atoms with Gasteiger partial charge in [-0.15, -0.1) is 0 Å². The Labute approximate surface area is 263 Å². The van der Waals surface area contributed by atoms with Crippen LogP contribution in [-0.2, 0) is 9.47 Å². The van der Waals surface area contributed by atoms with Crippen LogP contribution >= 0.6 is 0 Å². The number of carbonyl (C=O) groups excluding carboxylic acids is 1. The van der Waals surface area contributed by atoms with Crippen molar-refractivity contribution in [3.63, 3.8) is 0 Å². The fourth-order valence-corrected chi connectivity index (χ4v) is 5.20. The maximum atomic E-state index is 11.7. The zero-order chi connectivity index (χ0) is 30.6. The summed E-state index contributed by atoms with van der Waals surface area (Å²) >= 11 is 0. The molecule has 0 fully saturated rings. The molecule has 0 spiro atoms. The highest BCUT2D eigenvalue weighted by molar-refractivity contribution is 5.59. The summed E-state index contributed by atoms with van der Waals surface area (Å²) < 4.78 is 10.4. The molecular formula is C39H72O3. The second-order valence-corrected chi connectivity index (χ2v) is 12.6. The number of unbranched alkanes of at least 4 members (excludes halogenated alkanes) is 20. The van der Waals surface area contributed by atoms with E-state index in [9.17, 15) is 4.79 Å². The molecule has 0 atom stereocenters. The first kappa shape index (κ1) is 40.5. The van der Waals surface area contributed by atoms with E-state index in [0.29, 0.717) is 13.2 Å². The summed E-state index contributed by atoms with van der Waals surface area (Å²) in [6, 6.07) is 0. The van der Waals surface area contributed by atoms with Gasteiger partial charge in [0.25, 0.3) is 0 Å². The molecule has 0 saturated carbocycles. The second kappa shape index (κ2) is 35.7. The van der Waals surface area contributed by atoms with Gasteiger partial charge in [-0.3, -0.25) is 0 Å². The van der Waals surface area contributed by atoms with Gasteiger partial charge in [0.1, 0.15) is 0 Å². The standard InChI is InChI=1S/C39H72O3/c1-4-5-6-7-8-9-10-11-12-15-18-21-24-27-30-33-36-41-39(40)42-37-34-31-28-25-22-19-16-13-14-17-20-23-26-29-32-35-38(2)3/h5-6,8-9,11-12,38H,4,7,10,13-37H2,1-3H3/b6-5-,9-8-,12-11-. The molecule has 0 amide bonds. The fraction of sp³-hybridized carbons (Fsp3) is 0.821. The summed E-state index contributed by atoms with van der Waals surface area (Å²) in [5.74, 6) is 0.870. The van der Waals surface area contributed by atoms with Gasteiger partial charge in [-0.2, -0.15) is 0 Å². The minimum absolute atomic E-state index is 0.486. The molecule has 0 aromatic heterocycles. The molecule has 0 aliphatic rings. The van der Waals surface area contributed by atoms with Crippen LogP contribution in [0.15, 0.2) is 36.5 Å². The first-order valence-electron chi connectivity index (χ1n) is 18.4. The Hall–Kier alpha value is -1.51. The summed E-state index contributed by atoms with van der Waals surface area (Å²) in [6.45, 7) is 7.81. The first-order valence-corrected chi connectivity index (χ1v) is 18.4. The Bertz CT molecular complexity index is 619. The Morgan fingerprint density at radius 1 is 0.476 bits per heavy atom. The lowest BCUT2D eigenvalue weighted by atomic mass is 10.0. The molecule has 0 aromatic rings. The van der Waals surface area contributed by atoms with Crippen molar-refractivity contribution in [3.05, 3.63) is 36.5 Å². The molecule has 0 bridgehead atoms. The number of hydrogen-bond acceptors (Lipinski definition) is 3. The van der Waals surface area contributed by atoms with Gasteiger partial charge in [0.2, 0.25) is 0 Å². The minimum atomic E-state index is -0.486. The third-order valence-electron chi connectivity index (χ3n) is 7.91. The summed E-state index contributed by atoms with van der Waals surface area (Å²) in [7, 11) is 0. The third-order valence-corrected chi connectivity index (χ3v) is 7.91. The van der Waals surface area contributed by atoms with E-state index in [-0.39, 0.29) is 0 Å². The molecule has 3 nitrogen and oxygen atoms in total. The number of allylic oxidation sites excluding steroid dienone is 6. The second-order valence-electron chi connectivity index (χ2n) is 12.6. The highest BCUT2D eigenvalue weighted by atomic mass is 16.7. The van der Waals surface area contributed by atoms with Gasteiger partial charge in [-0.05, 0) is 50.9 Å². The van der Waals surface area contributed by atoms with Gasteiger partial charge in [-0.1, -0.05) is 179 Å². The summed E-state index contributed by atoms with van der Waals surface area (Å²) in [5, 5.41) is 0. The monoisotopic (exact) mass is 589 g/mol. The van der Waals surface area contributed by atoms with Gasteiger partial charge in [0, 0.05) is 0 Å². The van der Waals surface area contributed by atoms with Crippen LogP contribution in [0.1, 0.15) is 188 Å². The van der Waals surface area contributed by atoms with Crippen LogP contribution in [0.4, 0.5) is 4.79 Å². The van der Waals surface area contributed by atoms with E-state index in [1.54, 1.807) is 0 Å². The van der Waals surface area contributed by atoms with Gasteiger partial charge in [0.05, 0.1) is 13.2 Å². The quantitative estimate of drug-likeness (QED) is 0.0445. The molecule has 0 heterocycles. The van der Waals surface area contributed by atoms with E-state index in [4.69, 9.17) is 9.47 Å². The van der Waals surface area contributed by atoms with Crippen molar-refractivity contribution in [1.82, 2.24) is 0 Å². The molecule has 0 N–H and O–H groups in total. The van der Waals surface area contributed by atoms with Crippen molar-refractivity contribution < 1.29 is 14.3 Å². The Balaban J connectivity index is 3.22. The molecule has 3 heteroatoms. The molecule has 0 radical (unpaired) electrons. The molecule has 0 aliphatic carbocycles. The smallest absolute Gasteiger partial charge is 0.434 e. The van der Waals surface area contributed by atoms with Gasteiger partial charge >= 0.3 is 6.16 Å². The fourth-order valence-electron chi connectivity index (χ4n) is 5.20. The highest BCUT2D eigenvalue weighted by Gasteiger charge is 2.03. The van der Waals surface area contributed by atoms with Crippen LogP contribution in [0.5, 0.6) is 0 Å². The van der Waals surface area contributed by atoms with Crippen LogP contribution in [0.25, 0.3) is 0 Å². The Kier molecular flexibility index (Phi) is 34.4. The van der Waals surface area contributed by atoms with E-state index in [1.807, 2.05) is 0 Å². The first-order chi connectivity index (χ1) is 20.7. The third kappa shape index (κ3) is 36.5. The predicted octanol–water partition coefficient (Wildman–Crippen LogP) is 13.6.